The minimum Gasteiger partial charge on any atom is -0.304 e. The molecule has 16 heavy (non-hydrogen) atoms. The molecule has 1 aromatic carbocycles. The molecule has 2 rings (SSSR count). The molecule has 4 nitrogen and oxygen atoms in total. The summed E-state index contributed by atoms with van der Waals surface area (Å²) < 4.78 is 24.7. The summed E-state index contributed by atoms with van der Waals surface area (Å²) in [6.07, 6.45) is 4.69. The Morgan fingerprint density at radius 2 is 2.06 bits per heavy atom. The van der Waals surface area contributed by atoms with Gasteiger partial charge in [-0.15, -0.1) is 0 Å². The molecule has 0 aliphatic rings. The van der Waals surface area contributed by atoms with Crippen LogP contribution in [0.15, 0.2) is 41.6 Å². The van der Waals surface area contributed by atoms with Crippen LogP contribution in [0.4, 0.5) is 0 Å². The van der Waals surface area contributed by atoms with Crippen molar-refractivity contribution in [1.82, 2.24) is 9.55 Å². The van der Waals surface area contributed by atoms with Crippen LogP contribution in [0.1, 0.15) is 5.82 Å². The summed E-state index contributed by atoms with van der Waals surface area (Å²) in [5, 5.41) is 0. The van der Waals surface area contributed by atoms with E-state index < -0.39 is 9.84 Å². The Hall–Kier alpha value is -1.62. The number of nitrogens with zero attached hydrogens (tertiary/aromatic N) is 2. The van der Waals surface area contributed by atoms with Gasteiger partial charge in [0.25, 0.3) is 0 Å². The number of imidazole rings is 1. The van der Waals surface area contributed by atoms with Crippen LogP contribution < -0.4 is 0 Å². The molecule has 1 heterocycles. The van der Waals surface area contributed by atoms with Crippen LogP contribution >= 0.6 is 0 Å². The van der Waals surface area contributed by atoms with Crippen LogP contribution in [0.25, 0.3) is 5.69 Å². The maximum absolute atomic E-state index is 11.4. The fraction of sp³-hybridized carbons (Fsp3) is 0.182. The zero-order chi connectivity index (χ0) is 11.8. The SMILES string of the molecule is Cc1nccn1-c1cccc(S(C)(=O)=O)c1. The van der Waals surface area contributed by atoms with Crippen molar-refractivity contribution >= 4 is 9.84 Å². The molecule has 0 atom stereocenters. The standard InChI is InChI=1S/C11H12N2O2S/c1-9-12-6-7-13(9)10-4-3-5-11(8-10)16(2,14)15/h3-8H,1-2H3. The lowest BCUT2D eigenvalue weighted by molar-refractivity contribution is 0.602. The Labute approximate surface area is 94.5 Å². The Kier molecular flexibility index (Phi) is 2.55. The third-order valence-electron chi connectivity index (χ3n) is 2.35. The van der Waals surface area contributed by atoms with E-state index >= 15 is 0 Å². The molecule has 1 aromatic heterocycles. The third-order valence-corrected chi connectivity index (χ3v) is 3.46. The van der Waals surface area contributed by atoms with E-state index in [0.29, 0.717) is 4.90 Å². The molecular weight excluding hydrogens is 224 g/mol. The Bertz CT molecular complexity index is 614. The summed E-state index contributed by atoms with van der Waals surface area (Å²) in [5.74, 6) is 0.825. The van der Waals surface area contributed by atoms with Gasteiger partial charge in [-0.25, -0.2) is 13.4 Å². The summed E-state index contributed by atoms with van der Waals surface area (Å²) in [7, 11) is -3.16. The molecule has 0 spiro atoms. The highest BCUT2D eigenvalue weighted by Gasteiger charge is 2.08. The molecule has 0 aliphatic heterocycles. The zero-order valence-corrected chi connectivity index (χ0v) is 9.90. The van der Waals surface area contributed by atoms with E-state index in [1.165, 1.54) is 6.26 Å². The minimum absolute atomic E-state index is 0.318. The molecule has 2 aromatic rings. The maximum atomic E-state index is 11.4. The van der Waals surface area contributed by atoms with Gasteiger partial charge in [0.15, 0.2) is 9.84 Å². The van der Waals surface area contributed by atoms with Crippen LogP contribution in [0.2, 0.25) is 0 Å². The van der Waals surface area contributed by atoms with Gasteiger partial charge in [0.1, 0.15) is 5.82 Å². The molecule has 0 radical (unpaired) electrons. The monoisotopic (exact) mass is 236 g/mol. The van der Waals surface area contributed by atoms with Gasteiger partial charge in [-0.05, 0) is 25.1 Å². The van der Waals surface area contributed by atoms with Crippen molar-refractivity contribution < 1.29 is 8.42 Å². The molecule has 0 unspecified atom stereocenters. The van der Waals surface area contributed by atoms with E-state index in [0.717, 1.165) is 11.5 Å². The average Bonchev–Trinajstić information content (AvgIpc) is 2.63. The minimum atomic E-state index is -3.16. The van der Waals surface area contributed by atoms with Crippen LogP contribution in [-0.4, -0.2) is 24.2 Å². The van der Waals surface area contributed by atoms with Gasteiger partial charge in [-0.1, -0.05) is 6.07 Å². The fourth-order valence-electron chi connectivity index (χ4n) is 1.51. The van der Waals surface area contributed by atoms with Crippen LogP contribution in [0.3, 0.4) is 0 Å². The second-order valence-electron chi connectivity index (χ2n) is 3.61. The van der Waals surface area contributed by atoms with Gasteiger partial charge in [0.2, 0.25) is 0 Å². The Morgan fingerprint density at radius 1 is 1.31 bits per heavy atom. The first-order chi connectivity index (χ1) is 7.48. The summed E-state index contributed by atoms with van der Waals surface area (Å²) >= 11 is 0. The lowest BCUT2D eigenvalue weighted by Gasteiger charge is -2.06. The number of hydrogen-bond donors (Lipinski definition) is 0. The lowest BCUT2D eigenvalue weighted by atomic mass is 10.3. The number of benzene rings is 1. The Balaban J connectivity index is 2.57. The van der Waals surface area contributed by atoms with E-state index in [1.54, 1.807) is 30.6 Å². The Morgan fingerprint density at radius 3 is 2.62 bits per heavy atom. The molecule has 0 amide bonds. The topological polar surface area (TPSA) is 52.0 Å². The van der Waals surface area contributed by atoms with Crippen molar-refractivity contribution in [3.05, 3.63) is 42.5 Å². The van der Waals surface area contributed by atoms with Crippen molar-refractivity contribution in [3.63, 3.8) is 0 Å². The normalized spacial score (nSPS) is 11.6. The molecule has 0 aliphatic carbocycles. The van der Waals surface area contributed by atoms with Crippen molar-refractivity contribution in [2.75, 3.05) is 6.26 Å². The van der Waals surface area contributed by atoms with Crippen molar-refractivity contribution in [3.8, 4) is 5.69 Å². The number of aromatic nitrogens is 2. The number of aryl methyl sites for hydroxylation is 1. The largest absolute Gasteiger partial charge is 0.304 e. The van der Waals surface area contributed by atoms with E-state index in [1.807, 2.05) is 17.6 Å². The van der Waals surface area contributed by atoms with E-state index in [2.05, 4.69) is 4.98 Å². The first kappa shape index (κ1) is 10.9. The van der Waals surface area contributed by atoms with Crippen LogP contribution in [0, 0.1) is 6.92 Å². The summed E-state index contributed by atoms with van der Waals surface area (Å²) in [4.78, 5) is 4.42. The first-order valence-corrected chi connectivity index (χ1v) is 6.68. The summed E-state index contributed by atoms with van der Waals surface area (Å²) in [6, 6.07) is 6.81. The van der Waals surface area contributed by atoms with E-state index in [9.17, 15) is 8.42 Å². The smallest absolute Gasteiger partial charge is 0.175 e. The number of hydrogen-bond acceptors (Lipinski definition) is 3. The van der Waals surface area contributed by atoms with Gasteiger partial charge >= 0.3 is 0 Å². The average molecular weight is 236 g/mol. The highest BCUT2D eigenvalue weighted by atomic mass is 32.2. The quantitative estimate of drug-likeness (QED) is 0.795. The molecule has 0 bridgehead atoms. The summed E-state index contributed by atoms with van der Waals surface area (Å²) in [6.45, 7) is 1.87. The van der Waals surface area contributed by atoms with Crippen molar-refractivity contribution in [2.24, 2.45) is 0 Å². The fourth-order valence-corrected chi connectivity index (χ4v) is 2.18. The van der Waals surface area contributed by atoms with Gasteiger partial charge in [0, 0.05) is 24.3 Å². The predicted octanol–water partition coefficient (Wildman–Crippen LogP) is 1.58. The molecule has 84 valence electrons. The molecule has 0 fully saturated rings. The zero-order valence-electron chi connectivity index (χ0n) is 9.08. The van der Waals surface area contributed by atoms with Crippen molar-refractivity contribution in [1.29, 1.82) is 0 Å². The van der Waals surface area contributed by atoms with Gasteiger partial charge < -0.3 is 4.57 Å². The van der Waals surface area contributed by atoms with Gasteiger partial charge in [-0.3, -0.25) is 0 Å². The van der Waals surface area contributed by atoms with E-state index in [4.69, 9.17) is 0 Å². The van der Waals surface area contributed by atoms with Crippen molar-refractivity contribution in [2.45, 2.75) is 11.8 Å². The van der Waals surface area contributed by atoms with Gasteiger partial charge in [-0.2, -0.15) is 0 Å². The van der Waals surface area contributed by atoms with Crippen LogP contribution in [-0.2, 0) is 9.84 Å². The van der Waals surface area contributed by atoms with E-state index in [-0.39, 0.29) is 0 Å². The number of sulfone groups is 1. The highest BCUT2D eigenvalue weighted by Crippen LogP contribution is 2.15. The van der Waals surface area contributed by atoms with Crippen LogP contribution in [0.5, 0.6) is 0 Å². The predicted molar refractivity (Wildman–Crippen MR) is 61.4 cm³/mol. The third kappa shape index (κ3) is 1.99. The maximum Gasteiger partial charge on any atom is 0.175 e. The van der Waals surface area contributed by atoms with Gasteiger partial charge in [0.05, 0.1) is 4.90 Å². The number of rotatable bonds is 2. The second kappa shape index (κ2) is 3.75. The molecule has 0 N–H and O–H groups in total. The second-order valence-corrected chi connectivity index (χ2v) is 5.63. The molecule has 5 heteroatoms. The first-order valence-electron chi connectivity index (χ1n) is 4.79. The summed E-state index contributed by atoms with van der Waals surface area (Å²) in [5.41, 5.74) is 0.804. The highest BCUT2D eigenvalue weighted by molar-refractivity contribution is 7.90. The molecule has 0 saturated carbocycles. The molecular formula is C11H12N2O2S. The molecule has 0 saturated heterocycles. The lowest BCUT2D eigenvalue weighted by Crippen LogP contribution is -2.00.